The van der Waals surface area contributed by atoms with Gasteiger partial charge in [-0.2, -0.15) is 0 Å². The lowest BCUT2D eigenvalue weighted by Gasteiger charge is -2.29. The average Bonchev–Trinajstić information content (AvgIpc) is 3.55. The molecule has 0 radical (unpaired) electrons. The zero-order valence-corrected chi connectivity index (χ0v) is 28.9. The molecule has 0 unspecified atom stereocenters. The van der Waals surface area contributed by atoms with Gasteiger partial charge in [-0.05, 0) is 61.6 Å². The number of nitro benzene ring substituents is 2. The van der Waals surface area contributed by atoms with Crippen molar-refractivity contribution in [1.29, 1.82) is 0 Å². The first-order chi connectivity index (χ1) is 24.2. The molecule has 17 heteroatoms. The quantitative estimate of drug-likeness (QED) is 0.200. The highest BCUT2D eigenvalue weighted by atomic mass is 32.2. The van der Waals surface area contributed by atoms with Gasteiger partial charge in [-0.1, -0.05) is 0 Å². The number of likely N-dealkylation sites (N-methyl/N-ethyl adjacent to an activating group) is 1. The lowest BCUT2D eigenvalue weighted by molar-refractivity contribution is -0.385. The van der Waals surface area contributed by atoms with Gasteiger partial charge in [0.05, 0.1) is 22.0 Å². The van der Waals surface area contributed by atoms with E-state index in [1.807, 2.05) is 0 Å². The largest absolute Gasteiger partial charge is 0.456 e. The number of non-ortho nitro benzene ring substituents is 2. The number of likely N-dealkylation sites (tertiary alicyclic amines) is 1. The number of aliphatic hydroxyl groups is 1. The third-order valence-corrected chi connectivity index (χ3v) is 11.5. The average molecular weight is 724 g/mol. The second-order valence-corrected chi connectivity index (χ2v) is 14.8. The van der Waals surface area contributed by atoms with Crippen LogP contribution >= 0.6 is 11.8 Å². The molecule has 16 nitrogen and oxygen atoms in total. The fourth-order valence-corrected chi connectivity index (χ4v) is 8.97. The summed E-state index contributed by atoms with van der Waals surface area (Å²) in [6.45, 7) is 1.35. The Morgan fingerprint density at radius 2 is 1.53 bits per heavy atom. The Morgan fingerprint density at radius 1 is 0.980 bits per heavy atom. The summed E-state index contributed by atoms with van der Waals surface area (Å²) in [6.07, 6.45) is 0.0685. The van der Waals surface area contributed by atoms with Gasteiger partial charge in [0, 0.05) is 72.8 Å². The summed E-state index contributed by atoms with van der Waals surface area (Å²) in [6, 6.07) is 9.81. The summed E-state index contributed by atoms with van der Waals surface area (Å²) < 4.78 is 11.3. The summed E-state index contributed by atoms with van der Waals surface area (Å²) >= 11 is 1.34. The number of nitrogens with zero attached hydrogens (tertiary/aromatic N) is 5. The van der Waals surface area contributed by atoms with Crippen LogP contribution in [-0.2, 0) is 37.1 Å². The summed E-state index contributed by atoms with van der Waals surface area (Å²) in [4.78, 5) is 80.0. The standard InChI is InChI=1S/C34H37N5O11S/c1-19(40)25-15-27(41)37-28(32(43)49-17-20-4-8-22(9-5-20)38(45)46)30(34(12-13-34)29(25)37)51-24-14-26(31(42)35(2)3)36(16-24)33(44)50-18-21-6-10-23(11-7-21)39(47)48/h4-11,19,24-26,29,40H,12-18H2,1-3H3/t19-,24+,25+,26+,29+/m1/s1. The van der Waals surface area contributed by atoms with Gasteiger partial charge in [0.15, 0.2) is 0 Å². The number of esters is 1. The van der Waals surface area contributed by atoms with Crippen LogP contribution in [0.25, 0.3) is 0 Å². The van der Waals surface area contributed by atoms with Crippen molar-refractivity contribution in [2.75, 3.05) is 20.6 Å². The van der Waals surface area contributed by atoms with Crippen LogP contribution in [0.2, 0.25) is 0 Å². The van der Waals surface area contributed by atoms with Gasteiger partial charge >= 0.3 is 12.1 Å². The Labute approximate surface area is 296 Å². The van der Waals surface area contributed by atoms with Crippen LogP contribution in [0.3, 0.4) is 0 Å². The Hall–Kier alpha value is -5.03. The molecular weight excluding hydrogens is 686 g/mol. The molecule has 0 bridgehead atoms. The van der Waals surface area contributed by atoms with Crippen LogP contribution < -0.4 is 0 Å². The minimum absolute atomic E-state index is 0.0678. The van der Waals surface area contributed by atoms with Crippen LogP contribution in [0.15, 0.2) is 59.1 Å². The molecule has 2 saturated heterocycles. The van der Waals surface area contributed by atoms with Crippen molar-refractivity contribution in [3.63, 3.8) is 0 Å². The van der Waals surface area contributed by atoms with Crippen LogP contribution in [0.4, 0.5) is 16.2 Å². The maximum absolute atomic E-state index is 13.9. The molecule has 1 saturated carbocycles. The molecule has 51 heavy (non-hydrogen) atoms. The Kier molecular flexibility index (Phi) is 9.78. The molecule has 3 heterocycles. The summed E-state index contributed by atoms with van der Waals surface area (Å²) in [7, 11) is 3.16. The van der Waals surface area contributed by atoms with Crippen molar-refractivity contribution in [2.24, 2.45) is 11.3 Å². The molecule has 2 aromatic rings. The Bertz CT molecular complexity index is 1790. The normalized spacial score (nSPS) is 23.6. The number of rotatable bonds is 11. The predicted molar refractivity (Wildman–Crippen MR) is 180 cm³/mol. The van der Waals surface area contributed by atoms with E-state index in [1.165, 1.54) is 75.0 Å². The van der Waals surface area contributed by atoms with E-state index in [0.717, 1.165) is 0 Å². The van der Waals surface area contributed by atoms with Gasteiger partial charge in [-0.3, -0.25) is 34.7 Å². The van der Waals surface area contributed by atoms with Crippen LogP contribution in [0, 0.1) is 31.6 Å². The number of carbonyl (C=O) groups is 4. The number of thioether (sulfide) groups is 1. The number of carbonyl (C=O) groups excluding carboxylic acids is 4. The minimum atomic E-state index is -0.872. The maximum Gasteiger partial charge on any atom is 0.410 e. The lowest BCUT2D eigenvalue weighted by atomic mass is 9.84. The highest BCUT2D eigenvalue weighted by Gasteiger charge is 2.68. The number of ether oxygens (including phenoxy) is 2. The molecule has 6 rings (SSSR count). The van der Waals surface area contributed by atoms with Gasteiger partial charge in [0.25, 0.3) is 11.4 Å². The smallest absolute Gasteiger partial charge is 0.410 e. The number of nitro groups is 2. The van der Waals surface area contributed by atoms with Crippen molar-refractivity contribution in [3.8, 4) is 0 Å². The highest BCUT2D eigenvalue weighted by Crippen LogP contribution is 2.69. The summed E-state index contributed by atoms with van der Waals surface area (Å²) in [5.74, 6) is -1.80. The molecule has 270 valence electrons. The lowest BCUT2D eigenvalue weighted by Crippen LogP contribution is -2.45. The molecule has 4 aliphatic rings. The number of benzene rings is 2. The number of hydrogen-bond donors (Lipinski definition) is 1. The van der Waals surface area contributed by atoms with E-state index < -0.39 is 51.4 Å². The Morgan fingerprint density at radius 3 is 2.02 bits per heavy atom. The van der Waals surface area contributed by atoms with E-state index in [2.05, 4.69) is 0 Å². The van der Waals surface area contributed by atoms with E-state index in [4.69, 9.17) is 9.47 Å². The van der Waals surface area contributed by atoms with Crippen molar-refractivity contribution in [1.82, 2.24) is 14.7 Å². The Balaban J connectivity index is 1.25. The number of aliphatic hydroxyl groups excluding tert-OH is 1. The molecule has 1 spiro atoms. The summed E-state index contributed by atoms with van der Waals surface area (Å²) in [5, 5.41) is 32.4. The third-order valence-electron chi connectivity index (χ3n) is 9.97. The molecule has 1 aliphatic carbocycles. The second kappa shape index (κ2) is 13.9. The SMILES string of the molecule is C[C@@H](O)[C@@H]1CC(=O)N2C(C(=O)OCc3ccc([N+](=O)[O-])cc3)=C(S[C@H]3C[C@@H](C(=O)N(C)C)N(C(=O)OCc4ccc([N+](=O)[O-])cc4)C3)C3(CC3)[C@H]12. The molecule has 0 aromatic heterocycles. The van der Waals surface area contributed by atoms with E-state index >= 15 is 0 Å². The van der Waals surface area contributed by atoms with Gasteiger partial charge in [0.2, 0.25) is 11.8 Å². The number of hydrogen-bond acceptors (Lipinski definition) is 12. The van der Waals surface area contributed by atoms with Crippen molar-refractivity contribution in [3.05, 3.63) is 90.5 Å². The van der Waals surface area contributed by atoms with E-state index in [9.17, 15) is 44.5 Å². The van der Waals surface area contributed by atoms with E-state index in [-0.39, 0.29) is 66.7 Å². The first kappa shape index (κ1) is 35.8. The first-order valence-electron chi connectivity index (χ1n) is 16.4. The van der Waals surface area contributed by atoms with E-state index in [0.29, 0.717) is 28.9 Å². The molecule has 3 amide bonds. The van der Waals surface area contributed by atoms with Crippen molar-refractivity contribution >= 4 is 47.0 Å². The number of fused-ring (bicyclic) bond motifs is 2. The summed E-state index contributed by atoms with van der Waals surface area (Å²) in [5.41, 5.74) is 0.318. The predicted octanol–water partition coefficient (Wildman–Crippen LogP) is 3.75. The monoisotopic (exact) mass is 723 g/mol. The fraction of sp³-hybridized carbons (Fsp3) is 0.471. The topological polar surface area (TPSA) is 203 Å². The molecular formula is C34H37N5O11S. The zero-order chi connectivity index (χ0) is 36.8. The number of amides is 3. The zero-order valence-electron chi connectivity index (χ0n) is 28.1. The second-order valence-electron chi connectivity index (χ2n) is 13.5. The highest BCUT2D eigenvalue weighted by molar-refractivity contribution is 8.03. The molecule has 3 aliphatic heterocycles. The minimum Gasteiger partial charge on any atom is -0.456 e. The maximum atomic E-state index is 13.9. The van der Waals surface area contributed by atoms with Crippen LogP contribution in [-0.4, -0.2) is 97.6 Å². The van der Waals surface area contributed by atoms with Crippen molar-refractivity contribution < 1.29 is 43.6 Å². The van der Waals surface area contributed by atoms with Crippen molar-refractivity contribution in [2.45, 2.75) is 69.3 Å². The van der Waals surface area contributed by atoms with Gasteiger partial charge in [-0.25, -0.2) is 9.59 Å². The molecule has 3 fully saturated rings. The third kappa shape index (κ3) is 6.87. The van der Waals surface area contributed by atoms with Gasteiger partial charge in [-0.15, -0.1) is 11.8 Å². The van der Waals surface area contributed by atoms with E-state index in [1.54, 1.807) is 21.0 Å². The molecule has 1 N–H and O–H groups in total. The molecule has 5 atom stereocenters. The van der Waals surface area contributed by atoms with Gasteiger partial charge < -0.3 is 24.4 Å². The first-order valence-corrected chi connectivity index (χ1v) is 17.3. The van der Waals surface area contributed by atoms with Crippen LogP contribution in [0.1, 0.15) is 43.7 Å². The fourth-order valence-electron chi connectivity index (χ4n) is 7.27. The van der Waals surface area contributed by atoms with Gasteiger partial charge in [0.1, 0.15) is 25.0 Å². The van der Waals surface area contributed by atoms with Crippen LogP contribution in [0.5, 0.6) is 0 Å². The molecule has 2 aromatic carbocycles.